The molecule has 1 aromatic carbocycles. The number of aromatic nitrogens is 2. The topological polar surface area (TPSA) is 73.3 Å². The number of ether oxygens (including phenoxy) is 2. The monoisotopic (exact) mass is 367 g/mol. The molecule has 6 nitrogen and oxygen atoms in total. The standard InChI is InChI=1S/C20H18FN3O3/c1-13(19-17(21)4-3-11-22-19)24-20(25)18-10-9-16(12-23-18)27-15-7-5-14(26-2)6-8-15/h3-13H,1-2H3,(H,24,25)/t13-/m1/s1. The number of pyridine rings is 2. The van der Waals surface area contributed by atoms with Crippen LogP contribution in [0.1, 0.15) is 29.1 Å². The van der Waals surface area contributed by atoms with Crippen molar-refractivity contribution in [2.75, 3.05) is 7.11 Å². The lowest BCUT2D eigenvalue weighted by molar-refractivity contribution is 0.0933. The van der Waals surface area contributed by atoms with Gasteiger partial charge in [-0.2, -0.15) is 0 Å². The predicted molar refractivity (Wildman–Crippen MR) is 97.4 cm³/mol. The van der Waals surface area contributed by atoms with Crippen LogP contribution in [0.3, 0.4) is 0 Å². The number of amides is 1. The molecule has 2 aromatic heterocycles. The van der Waals surface area contributed by atoms with Gasteiger partial charge >= 0.3 is 0 Å². The molecule has 0 fully saturated rings. The molecule has 138 valence electrons. The Labute approximate surface area is 156 Å². The SMILES string of the molecule is COc1ccc(Oc2ccc(C(=O)N[C@H](C)c3ncccc3F)nc2)cc1. The summed E-state index contributed by atoms with van der Waals surface area (Å²) in [5.41, 5.74) is 0.366. The fourth-order valence-electron chi connectivity index (χ4n) is 2.41. The van der Waals surface area contributed by atoms with Crippen molar-refractivity contribution in [2.24, 2.45) is 0 Å². The largest absolute Gasteiger partial charge is 0.497 e. The Kier molecular flexibility index (Phi) is 5.61. The molecule has 1 N–H and O–H groups in total. The number of nitrogens with one attached hydrogen (secondary N) is 1. The molecule has 1 amide bonds. The zero-order valence-corrected chi connectivity index (χ0v) is 14.8. The summed E-state index contributed by atoms with van der Waals surface area (Å²) >= 11 is 0. The first-order valence-electron chi connectivity index (χ1n) is 8.26. The van der Waals surface area contributed by atoms with Crippen molar-refractivity contribution in [1.29, 1.82) is 0 Å². The van der Waals surface area contributed by atoms with Gasteiger partial charge in [-0.05, 0) is 55.5 Å². The van der Waals surface area contributed by atoms with Gasteiger partial charge in [0.25, 0.3) is 5.91 Å². The Morgan fingerprint density at radius 1 is 1.04 bits per heavy atom. The van der Waals surface area contributed by atoms with Gasteiger partial charge in [0.2, 0.25) is 0 Å². The summed E-state index contributed by atoms with van der Waals surface area (Å²) in [6, 6.07) is 12.5. The van der Waals surface area contributed by atoms with Crippen LogP contribution in [-0.4, -0.2) is 23.0 Å². The minimum Gasteiger partial charge on any atom is -0.497 e. The molecule has 0 radical (unpaired) electrons. The van der Waals surface area contributed by atoms with Gasteiger partial charge in [0.05, 0.1) is 25.0 Å². The molecule has 1 atom stereocenters. The molecule has 0 aliphatic rings. The molecule has 0 bridgehead atoms. The average molecular weight is 367 g/mol. The molecule has 3 aromatic rings. The second-order valence-corrected chi connectivity index (χ2v) is 5.72. The molecular formula is C20H18FN3O3. The maximum absolute atomic E-state index is 13.7. The highest BCUT2D eigenvalue weighted by Crippen LogP contribution is 2.23. The smallest absolute Gasteiger partial charge is 0.270 e. The van der Waals surface area contributed by atoms with E-state index in [2.05, 4.69) is 15.3 Å². The lowest BCUT2D eigenvalue weighted by atomic mass is 10.2. The van der Waals surface area contributed by atoms with E-state index in [-0.39, 0.29) is 11.4 Å². The van der Waals surface area contributed by atoms with E-state index < -0.39 is 17.8 Å². The van der Waals surface area contributed by atoms with Gasteiger partial charge in [0.1, 0.15) is 28.8 Å². The van der Waals surface area contributed by atoms with Crippen LogP contribution in [0.15, 0.2) is 60.9 Å². The number of carbonyl (C=O) groups is 1. The van der Waals surface area contributed by atoms with Gasteiger partial charge in [-0.15, -0.1) is 0 Å². The van der Waals surface area contributed by atoms with E-state index >= 15 is 0 Å². The molecule has 3 rings (SSSR count). The summed E-state index contributed by atoms with van der Waals surface area (Å²) in [6.45, 7) is 1.66. The van der Waals surface area contributed by atoms with E-state index in [0.717, 1.165) is 5.75 Å². The third-order valence-corrected chi connectivity index (χ3v) is 3.81. The van der Waals surface area contributed by atoms with Crippen LogP contribution in [-0.2, 0) is 0 Å². The molecule has 2 heterocycles. The van der Waals surface area contributed by atoms with E-state index in [9.17, 15) is 9.18 Å². The van der Waals surface area contributed by atoms with Crippen molar-refractivity contribution in [3.05, 3.63) is 78.1 Å². The van der Waals surface area contributed by atoms with Crippen molar-refractivity contribution in [3.8, 4) is 17.2 Å². The molecular weight excluding hydrogens is 349 g/mol. The number of halogens is 1. The van der Waals surface area contributed by atoms with Crippen molar-refractivity contribution < 1.29 is 18.7 Å². The number of hydrogen-bond acceptors (Lipinski definition) is 5. The number of hydrogen-bond donors (Lipinski definition) is 1. The highest BCUT2D eigenvalue weighted by atomic mass is 19.1. The predicted octanol–water partition coefficient (Wildman–Crippen LogP) is 3.91. The third-order valence-electron chi connectivity index (χ3n) is 3.81. The van der Waals surface area contributed by atoms with Crippen molar-refractivity contribution in [3.63, 3.8) is 0 Å². The van der Waals surface area contributed by atoms with Crippen LogP contribution in [0.4, 0.5) is 4.39 Å². The fourth-order valence-corrected chi connectivity index (χ4v) is 2.41. The fraction of sp³-hybridized carbons (Fsp3) is 0.150. The van der Waals surface area contributed by atoms with Crippen LogP contribution in [0.5, 0.6) is 17.2 Å². The van der Waals surface area contributed by atoms with Crippen LogP contribution in [0.25, 0.3) is 0 Å². The minimum atomic E-state index is -0.587. The number of benzene rings is 1. The number of methoxy groups -OCH3 is 1. The van der Waals surface area contributed by atoms with Gasteiger partial charge < -0.3 is 14.8 Å². The number of rotatable bonds is 6. The second-order valence-electron chi connectivity index (χ2n) is 5.72. The normalized spacial score (nSPS) is 11.5. The number of nitrogens with zero attached hydrogens (tertiary/aromatic N) is 2. The second kappa shape index (κ2) is 8.27. The van der Waals surface area contributed by atoms with E-state index in [4.69, 9.17) is 9.47 Å². The summed E-state index contributed by atoms with van der Waals surface area (Å²) in [4.78, 5) is 20.4. The summed E-state index contributed by atoms with van der Waals surface area (Å²) in [6.07, 6.45) is 2.93. The summed E-state index contributed by atoms with van der Waals surface area (Å²) in [7, 11) is 1.59. The van der Waals surface area contributed by atoms with Crippen molar-refractivity contribution in [2.45, 2.75) is 13.0 Å². The molecule has 0 aliphatic heterocycles. The van der Waals surface area contributed by atoms with Crippen LogP contribution in [0, 0.1) is 5.82 Å². The van der Waals surface area contributed by atoms with Crippen LogP contribution in [0.2, 0.25) is 0 Å². The van der Waals surface area contributed by atoms with Gasteiger partial charge in [-0.3, -0.25) is 9.78 Å². The Balaban J connectivity index is 1.63. The Hall–Kier alpha value is -3.48. The first-order valence-corrected chi connectivity index (χ1v) is 8.26. The zero-order chi connectivity index (χ0) is 19.2. The van der Waals surface area contributed by atoms with Crippen LogP contribution >= 0.6 is 0 Å². The summed E-state index contributed by atoms with van der Waals surface area (Å²) in [5.74, 6) is 0.936. The van der Waals surface area contributed by atoms with E-state index in [1.54, 1.807) is 44.4 Å². The summed E-state index contributed by atoms with van der Waals surface area (Å²) in [5, 5.41) is 2.68. The van der Waals surface area contributed by atoms with E-state index in [0.29, 0.717) is 11.5 Å². The van der Waals surface area contributed by atoms with Gasteiger partial charge in [-0.25, -0.2) is 9.37 Å². The molecule has 0 unspecified atom stereocenters. The Bertz CT molecular complexity index is 915. The lowest BCUT2D eigenvalue weighted by Gasteiger charge is -2.13. The molecule has 0 saturated carbocycles. The third kappa shape index (κ3) is 4.58. The van der Waals surface area contributed by atoms with Gasteiger partial charge in [0.15, 0.2) is 0 Å². The first kappa shape index (κ1) is 18.3. The summed E-state index contributed by atoms with van der Waals surface area (Å²) < 4.78 is 24.5. The van der Waals surface area contributed by atoms with E-state index in [1.807, 2.05) is 0 Å². The highest BCUT2D eigenvalue weighted by molar-refractivity contribution is 5.92. The van der Waals surface area contributed by atoms with Gasteiger partial charge in [0, 0.05) is 6.20 Å². The number of carbonyl (C=O) groups excluding carboxylic acids is 1. The average Bonchev–Trinajstić information content (AvgIpc) is 2.69. The van der Waals surface area contributed by atoms with Crippen LogP contribution < -0.4 is 14.8 Å². The molecule has 27 heavy (non-hydrogen) atoms. The maximum Gasteiger partial charge on any atom is 0.270 e. The molecule has 0 aliphatic carbocycles. The quantitative estimate of drug-likeness (QED) is 0.715. The maximum atomic E-state index is 13.7. The first-order chi connectivity index (χ1) is 13.1. The van der Waals surface area contributed by atoms with E-state index in [1.165, 1.54) is 30.6 Å². The molecule has 7 heteroatoms. The lowest BCUT2D eigenvalue weighted by Crippen LogP contribution is -2.28. The van der Waals surface area contributed by atoms with Crippen molar-refractivity contribution in [1.82, 2.24) is 15.3 Å². The zero-order valence-electron chi connectivity index (χ0n) is 14.8. The Morgan fingerprint density at radius 3 is 2.37 bits per heavy atom. The van der Waals surface area contributed by atoms with Gasteiger partial charge in [-0.1, -0.05) is 0 Å². The highest BCUT2D eigenvalue weighted by Gasteiger charge is 2.16. The van der Waals surface area contributed by atoms with Crippen molar-refractivity contribution >= 4 is 5.91 Å². The Morgan fingerprint density at radius 2 is 1.74 bits per heavy atom. The minimum absolute atomic E-state index is 0.172. The molecule has 0 spiro atoms. The molecule has 0 saturated heterocycles.